The summed E-state index contributed by atoms with van der Waals surface area (Å²) in [5.74, 6) is 0. The van der Waals surface area contributed by atoms with Crippen molar-refractivity contribution in [2.45, 2.75) is 4.90 Å². The van der Waals surface area contributed by atoms with Gasteiger partial charge in [0.2, 0.25) is 10.0 Å². The minimum atomic E-state index is -3.58. The Hall–Kier alpha value is -0.400. The van der Waals surface area contributed by atoms with Crippen molar-refractivity contribution in [3.63, 3.8) is 0 Å². The Morgan fingerprint density at radius 1 is 1.41 bits per heavy atom. The van der Waals surface area contributed by atoms with Gasteiger partial charge in [0.05, 0.1) is 5.02 Å². The topological polar surface area (TPSA) is 62.3 Å². The van der Waals surface area contributed by atoms with Gasteiger partial charge in [-0.05, 0) is 20.2 Å². The van der Waals surface area contributed by atoms with E-state index in [4.69, 9.17) is 23.2 Å². The molecule has 96 valence electrons. The summed E-state index contributed by atoms with van der Waals surface area (Å²) in [6.45, 7) is 0.920. The van der Waals surface area contributed by atoms with E-state index in [0.29, 0.717) is 13.1 Å². The smallest absolute Gasteiger partial charge is 0.242 e. The Morgan fingerprint density at radius 2 is 2.06 bits per heavy atom. The number of likely N-dealkylation sites (N-methyl/N-ethyl adjacent to an activating group) is 1. The zero-order valence-corrected chi connectivity index (χ0v) is 11.8. The predicted octanol–water partition coefficient (Wildman–Crippen LogP) is 1.23. The molecule has 17 heavy (non-hydrogen) atoms. The molecule has 0 amide bonds. The molecule has 0 unspecified atom stereocenters. The van der Waals surface area contributed by atoms with E-state index in [2.05, 4.69) is 9.71 Å². The summed E-state index contributed by atoms with van der Waals surface area (Å²) in [5.41, 5.74) is 0. The average molecular weight is 298 g/mol. The lowest BCUT2D eigenvalue weighted by Gasteiger charge is -2.11. The second-order valence-electron chi connectivity index (χ2n) is 3.64. The fourth-order valence-corrected chi connectivity index (χ4v) is 2.36. The average Bonchev–Trinajstić information content (AvgIpc) is 2.21. The van der Waals surface area contributed by atoms with Crippen LogP contribution in [0.1, 0.15) is 0 Å². The van der Waals surface area contributed by atoms with Crippen LogP contribution in [0.15, 0.2) is 17.2 Å². The lowest BCUT2D eigenvalue weighted by molar-refractivity contribution is 0.412. The number of nitrogens with one attached hydrogen (secondary N) is 1. The van der Waals surface area contributed by atoms with Gasteiger partial charge in [0.15, 0.2) is 0 Å². The van der Waals surface area contributed by atoms with Gasteiger partial charge in [0.1, 0.15) is 10.0 Å². The van der Waals surface area contributed by atoms with Crippen LogP contribution >= 0.6 is 23.2 Å². The van der Waals surface area contributed by atoms with Gasteiger partial charge in [0.25, 0.3) is 0 Å². The Morgan fingerprint density at radius 3 is 2.59 bits per heavy atom. The zero-order chi connectivity index (χ0) is 13.1. The fourth-order valence-electron chi connectivity index (χ4n) is 1.04. The number of nitrogens with zero attached hydrogens (tertiary/aromatic N) is 2. The molecule has 0 aromatic carbocycles. The molecule has 0 aliphatic carbocycles. The van der Waals surface area contributed by atoms with E-state index in [9.17, 15) is 8.42 Å². The minimum absolute atomic E-state index is 0.00524. The highest BCUT2D eigenvalue weighted by Crippen LogP contribution is 2.21. The lowest BCUT2D eigenvalue weighted by atomic mass is 10.5. The monoisotopic (exact) mass is 297 g/mol. The first-order valence-corrected chi connectivity index (χ1v) is 7.02. The highest BCUT2D eigenvalue weighted by molar-refractivity contribution is 7.89. The largest absolute Gasteiger partial charge is 0.308 e. The van der Waals surface area contributed by atoms with E-state index in [1.807, 2.05) is 19.0 Å². The van der Waals surface area contributed by atoms with Crippen molar-refractivity contribution >= 4 is 33.2 Å². The molecule has 1 rings (SSSR count). The van der Waals surface area contributed by atoms with Gasteiger partial charge < -0.3 is 4.90 Å². The van der Waals surface area contributed by atoms with Gasteiger partial charge in [-0.2, -0.15) is 0 Å². The van der Waals surface area contributed by atoms with Crippen molar-refractivity contribution in [1.29, 1.82) is 0 Å². The van der Waals surface area contributed by atoms with Crippen molar-refractivity contribution in [1.82, 2.24) is 14.6 Å². The number of hydrogen-bond acceptors (Lipinski definition) is 4. The molecule has 0 spiro atoms. The molecule has 0 saturated heterocycles. The summed E-state index contributed by atoms with van der Waals surface area (Å²) in [4.78, 5) is 5.57. The summed E-state index contributed by atoms with van der Waals surface area (Å²) in [5, 5.41) is 0.195. The highest BCUT2D eigenvalue weighted by atomic mass is 35.5. The molecular formula is C9H13Cl2N3O2S. The molecule has 0 bridgehead atoms. The molecule has 0 aliphatic heterocycles. The molecule has 1 N–H and O–H groups in total. The number of aromatic nitrogens is 1. The molecule has 0 atom stereocenters. The summed E-state index contributed by atoms with van der Waals surface area (Å²) >= 11 is 11.3. The van der Waals surface area contributed by atoms with Gasteiger partial charge in [-0.3, -0.25) is 0 Å². The number of pyridine rings is 1. The van der Waals surface area contributed by atoms with Crippen LogP contribution in [0.2, 0.25) is 10.2 Å². The summed E-state index contributed by atoms with van der Waals surface area (Å²) in [6, 6.07) is 1.27. The van der Waals surface area contributed by atoms with Crippen LogP contribution in [-0.2, 0) is 10.0 Å². The molecule has 1 aromatic heterocycles. The molecule has 0 fully saturated rings. The summed E-state index contributed by atoms with van der Waals surface area (Å²) in [7, 11) is 0.135. The van der Waals surface area contributed by atoms with Crippen molar-refractivity contribution in [3.05, 3.63) is 22.4 Å². The van der Waals surface area contributed by atoms with E-state index in [-0.39, 0.29) is 15.1 Å². The van der Waals surface area contributed by atoms with Crippen molar-refractivity contribution in [3.8, 4) is 0 Å². The number of hydrogen-bond donors (Lipinski definition) is 1. The maximum atomic E-state index is 11.8. The molecular weight excluding hydrogens is 285 g/mol. The van der Waals surface area contributed by atoms with Crippen LogP contribution in [0.3, 0.4) is 0 Å². The molecule has 0 aliphatic rings. The highest BCUT2D eigenvalue weighted by Gasteiger charge is 2.15. The van der Waals surface area contributed by atoms with Crippen molar-refractivity contribution in [2.75, 3.05) is 27.2 Å². The molecule has 1 heterocycles. The zero-order valence-electron chi connectivity index (χ0n) is 9.44. The summed E-state index contributed by atoms with van der Waals surface area (Å²) in [6.07, 6.45) is 1.17. The van der Waals surface area contributed by atoms with Crippen LogP contribution in [0, 0.1) is 0 Å². The van der Waals surface area contributed by atoms with E-state index in [1.165, 1.54) is 12.3 Å². The van der Waals surface area contributed by atoms with E-state index in [1.54, 1.807) is 0 Å². The van der Waals surface area contributed by atoms with Gasteiger partial charge in [-0.15, -0.1) is 0 Å². The Labute approximate surface area is 111 Å². The third kappa shape index (κ3) is 4.40. The first kappa shape index (κ1) is 14.7. The quantitative estimate of drug-likeness (QED) is 0.831. The van der Waals surface area contributed by atoms with E-state index < -0.39 is 10.0 Å². The molecule has 1 aromatic rings. The van der Waals surface area contributed by atoms with Crippen LogP contribution in [0.5, 0.6) is 0 Å². The second kappa shape index (κ2) is 5.97. The summed E-state index contributed by atoms with van der Waals surface area (Å²) < 4.78 is 26.1. The van der Waals surface area contributed by atoms with Gasteiger partial charge in [-0.25, -0.2) is 18.1 Å². The normalized spacial score (nSPS) is 12.1. The first-order chi connectivity index (χ1) is 7.83. The van der Waals surface area contributed by atoms with Crippen LogP contribution in [-0.4, -0.2) is 45.5 Å². The second-order valence-corrected chi connectivity index (χ2v) is 6.18. The lowest BCUT2D eigenvalue weighted by Crippen LogP contribution is -2.31. The van der Waals surface area contributed by atoms with Crippen molar-refractivity contribution in [2.24, 2.45) is 0 Å². The van der Waals surface area contributed by atoms with Crippen LogP contribution in [0.25, 0.3) is 0 Å². The number of halogens is 2. The Kier molecular flexibility index (Phi) is 5.15. The van der Waals surface area contributed by atoms with E-state index in [0.717, 1.165) is 0 Å². The van der Waals surface area contributed by atoms with Gasteiger partial charge in [0, 0.05) is 19.3 Å². The number of sulfonamides is 1. The fraction of sp³-hybridized carbons (Fsp3) is 0.444. The maximum absolute atomic E-state index is 11.8. The third-order valence-electron chi connectivity index (χ3n) is 1.93. The maximum Gasteiger partial charge on any atom is 0.242 e. The third-order valence-corrected chi connectivity index (χ3v) is 4.05. The van der Waals surface area contributed by atoms with Gasteiger partial charge >= 0.3 is 0 Å². The van der Waals surface area contributed by atoms with Crippen molar-refractivity contribution < 1.29 is 8.42 Å². The van der Waals surface area contributed by atoms with E-state index >= 15 is 0 Å². The Bertz CT molecular complexity index is 491. The van der Waals surface area contributed by atoms with Crippen LogP contribution in [0.4, 0.5) is 0 Å². The molecule has 0 saturated carbocycles. The SMILES string of the molecule is CN(C)CCNS(=O)(=O)c1cnc(Cl)c(Cl)c1. The van der Waals surface area contributed by atoms with Gasteiger partial charge in [-0.1, -0.05) is 23.2 Å². The Balaban J connectivity index is 2.79. The molecule has 8 heteroatoms. The standard InChI is InChI=1S/C9H13Cl2N3O2S/c1-14(2)4-3-13-17(15,16)7-5-8(10)9(11)12-6-7/h5-6,13H,3-4H2,1-2H3. The molecule has 5 nitrogen and oxygen atoms in total. The minimum Gasteiger partial charge on any atom is -0.308 e. The predicted molar refractivity (Wildman–Crippen MR) is 68.0 cm³/mol. The first-order valence-electron chi connectivity index (χ1n) is 4.78. The number of rotatable bonds is 5. The van der Waals surface area contributed by atoms with Crippen LogP contribution < -0.4 is 4.72 Å². The molecule has 0 radical (unpaired) electrons.